The molecule has 18 heavy (non-hydrogen) atoms. The van der Waals surface area contributed by atoms with Crippen molar-refractivity contribution in [1.29, 1.82) is 0 Å². The Morgan fingerprint density at radius 3 is 2.72 bits per heavy atom. The molecule has 1 aromatic rings. The van der Waals surface area contributed by atoms with Crippen LogP contribution in [0.4, 0.5) is 0 Å². The minimum absolute atomic E-state index is 0.785. The highest BCUT2D eigenvalue weighted by molar-refractivity contribution is 7.11. The fraction of sp³-hybridized carbons (Fsp3) is 0.800. The molecule has 100 valence electrons. The van der Waals surface area contributed by atoms with Crippen molar-refractivity contribution in [2.45, 2.75) is 70.3 Å². The smallest absolute Gasteiger partial charge is 0.0943 e. The molecule has 0 aromatic carbocycles. The molecule has 2 aliphatic rings. The number of nitrogens with zero attached hydrogens (tertiary/aromatic N) is 1. The van der Waals surface area contributed by atoms with Gasteiger partial charge in [-0.05, 0) is 38.5 Å². The Labute approximate surface area is 114 Å². The van der Waals surface area contributed by atoms with Gasteiger partial charge in [-0.15, -0.1) is 11.3 Å². The Morgan fingerprint density at radius 1 is 1.06 bits per heavy atom. The molecule has 1 heterocycles. The van der Waals surface area contributed by atoms with Crippen molar-refractivity contribution in [1.82, 2.24) is 10.3 Å². The van der Waals surface area contributed by atoms with E-state index in [2.05, 4.69) is 5.32 Å². The van der Waals surface area contributed by atoms with Gasteiger partial charge in [0.15, 0.2) is 0 Å². The molecule has 0 radical (unpaired) electrons. The second-order valence-electron chi connectivity index (χ2n) is 5.72. The fourth-order valence-corrected chi connectivity index (χ4v) is 4.36. The van der Waals surface area contributed by atoms with E-state index in [1.165, 1.54) is 68.5 Å². The van der Waals surface area contributed by atoms with Gasteiger partial charge in [-0.1, -0.05) is 19.3 Å². The van der Waals surface area contributed by atoms with Crippen LogP contribution >= 0.6 is 11.3 Å². The third-order valence-corrected chi connectivity index (χ3v) is 5.48. The predicted molar refractivity (Wildman–Crippen MR) is 77.3 cm³/mol. The Balaban J connectivity index is 1.46. The second kappa shape index (κ2) is 6.16. The van der Waals surface area contributed by atoms with Crippen LogP contribution in [-0.2, 0) is 19.3 Å². The zero-order valence-corrected chi connectivity index (χ0v) is 12.0. The van der Waals surface area contributed by atoms with Crippen LogP contribution in [-0.4, -0.2) is 17.6 Å². The van der Waals surface area contributed by atoms with Gasteiger partial charge in [0.25, 0.3) is 0 Å². The second-order valence-corrected chi connectivity index (χ2v) is 6.89. The fourth-order valence-electron chi connectivity index (χ4n) is 3.20. The van der Waals surface area contributed by atoms with Crippen molar-refractivity contribution < 1.29 is 0 Å². The Kier molecular flexibility index (Phi) is 4.32. The summed E-state index contributed by atoms with van der Waals surface area (Å²) in [6, 6.07) is 0.785. The van der Waals surface area contributed by atoms with Gasteiger partial charge in [0.05, 0.1) is 10.7 Å². The van der Waals surface area contributed by atoms with E-state index in [-0.39, 0.29) is 0 Å². The SMILES string of the molecule is C1CCC(NCCc2nc3c(s2)CCCC3)CC1. The minimum atomic E-state index is 0.785. The summed E-state index contributed by atoms with van der Waals surface area (Å²) in [5.41, 5.74) is 1.42. The number of aromatic nitrogens is 1. The molecule has 2 aliphatic carbocycles. The highest BCUT2D eigenvalue weighted by Gasteiger charge is 2.16. The Hall–Kier alpha value is -0.410. The van der Waals surface area contributed by atoms with Crippen molar-refractivity contribution in [2.24, 2.45) is 0 Å². The maximum Gasteiger partial charge on any atom is 0.0943 e. The largest absolute Gasteiger partial charge is 0.314 e. The van der Waals surface area contributed by atoms with Crippen LogP contribution in [0, 0.1) is 0 Å². The number of hydrogen-bond acceptors (Lipinski definition) is 3. The molecule has 1 N–H and O–H groups in total. The van der Waals surface area contributed by atoms with Gasteiger partial charge in [-0.2, -0.15) is 0 Å². The number of fused-ring (bicyclic) bond motifs is 1. The zero-order valence-electron chi connectivity index (χ0n) is 11.2. The Bertz CT molecular complexity index is 356. The minimum Gasteiger partial charge on any atom is -0.314 e. The van der Waals surface area contributed by atoms with Gasteiger partial charge >= 0.3 is 0 Å². The van der Waals surface area contributed by atoms with E-state index in [0.29, 0.717) is 0 Å². The molecule has 0 amide bonds. The van der Waals surface area contributed by atoms with Crippen LogP contribution < -0.4 is 5.32 Å². The van der Waals surface area contributed by atoms with Gasteiger partial charge in [-0.25, -0.2) is 4.98 Å². The van der Waals surface area contributed by atoms with E-state index in [0.717, 1.165) is 19.0 Å². The summed E-state index contributed by atoms with van der Waals surface area (Å²) in [6.07, 6.45) is 13.4. The van der Waals surface area contributed by atoms with E-state index in [1.54, 1.807) is 4.88 Å². The third-order valence-electron chi connectivity index (χ3n) is 4.27. The van der Waals surface area contributed by atoms with Crippen LogP contribution in [0.15, 0.2) is 0 Å². The molecule has 0 aliphatic heterocycles. The van der Waals surface area contributed by atoms with Gasteiger partial charge in [0, 0.05) is 23.9 Å². The number of aryl methyl sites for hydroxylation is 2. The molecule has 0 spiro atoms. The van der Waals surface area contributed by atoms with Crippen molar-refractivity contribution in [3.05, 3.63) is 15.6 Å². The molecule has 3 rings (SSSR count). The molecular formula is C15H24N2S. The molecule has 3 heteroatoms. The van der Waals surface area contributed by atoms with E-state index >= 15 is 0 Å². The quantitative estimate of drug-likeness (QED) is 0.900. The summed E-state index contributed by atoms with van der Waals surface area (Å²) in [5, 5.41) is 5.08. The summed E-state index contributed by atoms with van der Waals surface area (Å²) in [4.78, 5) is 6.39. The summed E-state index contributed by atoms with van der Waals surface area (Å²) >= 11 is 1.97. The monoisotopic (exact) mass is 264 g/mol. The van der Waals surface area contributed by atoms with Gasteiger partial charge in [-0.3, -0.25) is 0 Å². The van der Waals surface area contributed by atoms with Gasteiger partial charge in [0.2, 0.25) is 0 Å². The number of hydrogen-bond donors (Lipinski definition) is 1. The lowest BCUT2D eigenvalue weighted by Gasteiger charge is -2.22. The number of nitrogens with one attached hydrogen (secondary N) is 1. The zero-order chi connectivity index (χ0) is 12.2. The molecular weight excluding hydrogens is 240 g/mol. The van der Waals surface area contributed by atoms with Crippen molar-refractivity contribution in [3.63, 3.8) is 0 Å². The van der Waals surface area contributed by atoms with E-state index in [4.69, 9.17) is 4.98 Å². The lowest BCUT2D eigenvalue weighted by atomic mass is 9.95. The molecule has 1 aromatic heterocycles. The molecule has 1 fully saturated rings. The average molecular weight is 264 g/mol. The van der Waals surface area contributed by atoms with Gasteiger partial charge < -0.3 is 5.32 Å². The third kappa shape index (κ3) is 3.12. The van der Waals surface area contributed by atoms with Crippen LogP contribution in [0.5, 0.6) is 0 Å². The first-order valence-corrected chi connectivity index (χ1v) is 8.44. The van der Waals surface area contributed by atoms with Crippen LogP contribution in [0.2, 0.25) is 0 Å². The molecule has 0 bridgehead atoms. The highest BCUT2D eigenvalue weighted by Crippen LogP contribution is 2.26. The first kappa shape index (κ1) is 12.6. The van der Waals surface area contributed by atoms with E-state index < -0.39 is 0 Å². The predicted octanol–water partition coefficient (Wildman–Crippen LogP) is 3.49. The summed E-state index contributed by atoms with van der Waals surface area (Å²) in [6.45, 7) is 1.12. The Morgan fingerprint density at radius 2 is 1.89 bits per heavy atom. The maximum absolute atomic E-state index is 4.81. The van der Waals surface area contributed by atoms with Crippen molar-refractivity contribution >= 4 is 11.3 Å². The lowest BCUT2D eigenvalue weighted by molar-refractivity contribution is 0.375. The molecule has 0 unspecified atom stereocenters. The highest BCUT2D eigenvalue weighted by atomic mass is 32.1. The normalized spacial score (nSPS) is 20.9. The van der Waals surface area contributed by atoms with Gasteiger partial charge in [0.1, 0.15) is 0 Å². The van der Waals surface area contributed by atoms with Crippen LogP contribution in [0.1, 0.15) is 60.5 Å². The topological polar surface area (TPSA) is 24.9 Å². The summed E-state index contributed by atoms with van der Waals surface area (Å²) in [5.74, 6) is 0. The van der Waals surface area contributed by atoms with Crippen LogP contribution in [0.3, 0.4) is 0 Å². The number of thiazole rings is 1. The van der Waals surface area contributed by atoms with Crippen LogP contribution in [0.25, 0.3) is 0 Å². The molecule has 0 atom stereocenters. The van der Waals surface area contributed by atoms with E-state index in [1.807, 2.05) is 11.3 Å². The molecule has 0 saturated heterocycles. The van der Waals surface area contributed by atoms with Crippen molar-refractivity contribution in [3.8, 4) is 0 Å². The molecule has 2 nitrogen and oxygen atoms in total. The molecule has 1 saturated carbocycles. The first-order chi connectivity index (χ1) is 8.92. The standard InChI is InChI=1S/C15H24N2S/c1-2-6-12(7-3-1)16-11-10-15-17-13-8-4-5-9-14(13)18-15/h12,16H,1-11H2. The summed E-state index contributed by atoms with van der Waals surface area (Å²) in [7, 11) is 0. The van der Waals surface area contributed by atoms with E-state index in [9.17, 15) is 0 Å². The van der Waals surface area contributed by atoms with Crippen molar-refractivity contribution in [2.75, 3.05) is 6.54 Å². The first-order valence-electron chi connectivity index (χ1n) is 7.62. The lowest BCUT2D eigenvalue weighted by Crippen LogP contribution is -2.32. The average Bonchev–Trinajstić information content (AvgIpc) is 2.82. The summed E-state index contributed by atoms with van der Waals surface area (Å²) < 4.78 is 0. The maximum atomic E-state index is 4.81. The number of rotatable bonds is 4.